The highest BCUT2D eigenvalue weighted by Gasteiger charge is 2.36. The molecule has 3 nitrogen and oxygen atoms in total. The highest BCUT2D eigenvalue weighted by molar-refractivity contribution is 5.85. The Hall–Kier alpha value is -1.06. The van der Waals surface area contributed by atoms with E-state index in [9.17, 15) is 4.79 Å². The summed E-state index contributed by atoms with van der Waals surface area (Å²) in [5, 5.41) is 0. The largest absolute Gasteiger partial charge is 0.341 e. The molecular formula is C16H25ClN2O. The van der Waals surface area contributed by atoms with Crippen molar-refractivity contribution < 1.29 is 4.79 Å². The second-order valence-corrected chi connectivity index (χ2v) is 6.09. The summed E-state index contributed by atoms with van der Waals surface area (Å²) in [5.41, 5.74) is 7.29. The van der Waals surface area contributed by atoms with Crippen LogP contribution in [0.25, 0.3) is 0 Å². The van der Waals surface area contributed by atoms with Crippen LogP contribution in [0.3, 0.4) is 0 Å². The minimum atomic E-state index is -0.378. The van der Waals surface area contributed by atoms with Gasteiger partial charge in [0.15, 0.2) is 0 Å². The summed E-state index contributed by atoms with van der Waals surface area (Å²) < 4.78 is 0. The maximum Gasteiger partial charge on any atom is 0.239 e. The van der Waals surface area contributed by atoms with Crippen LogP contribution in [0.15, 0.2) is 30.3 Å². The van der Waals surface area contributed by atoms with Gasteiger partial charge in [0.2, 0.25) is 5.91 Å². The minimum absolute atomic E-state index is 0. The third kappa shape index (κ3) is 4.22. The zero-order valence-electron chi connectivity index (χ0n) is 12.3. The number of amides is 1. The third-order valence-corrected chi connectivity index (χ3v) is 4.12. The first kappa shape index (κ1) is 17.0. The maximum atomic E-state index is 11.9. The molecule has 1 saturated heterocycles. The van der Waals surface area contributed by atoms with Crippen molar-refractivity contribution in [3.8, 4) is 0 Å². The number of aryl methyl sites for hydroxylation is 1. The van der Waals surface area contributed by atoms with Crippen molar-refractivity contribution in [2.75, 3.05) is 13.1 Å². The molecule has 0 aromatic heterocycles. The lowest BCUT2D eigenvalue weighted by Gasteiger charge is -2.25. The number of benzene rings is 1. The normalized spacial score (nSPS) is 23.2. The molecule has 0 saturated carbocycles. The smallest absolute Gasteiger partial charge is 0.239 e. The van der Waals surface area contributed by atoms with E-state index in [1.165, 1.54) is 5.56 Å². The zero-order chi connectivity index (χ0) is 13.9. The Balaban J connectivity index is 0.00000200. The number of nitrogens with zero attached hydrogens (tertiary/aromatic N) is 1. The molecule has 0 radical (unpaired) electrons. The van der Waals surface area contributed by atoms with Gasteiger partial charge >= 0.3 is 0 Å². The summed E-state index contributed by atoms with van der Waals surface area (Å²) in [6.45, 7) is 5.75. The van der Waals surface area contributed by atoms with Crippen molar-refractivity contribution in [3.63, 3.8) is 0 Å². The molecule has 1 unspecified atom stereocenters. The summed E-state index contributed by atoms with van der Waals surface area (Å²) in [6, 6.07) is 10.2. The van der Waals surface area contributed by atoms with Gasteiger partial charge < -0.3 is 10.6 Å². The molecule has 2 atom stereocenters. The SMILES string of the molecule is C[C@@H](N)C(=O)N1CCC(C)(CCc2ccccc2)C1.Cl. The second kappa shape index (κ2) is 7.09. The maximum absolute atomic E-state index is 11.9. The summed E-state index contributed by atoms with van der Waals surface area (Å²) in [7, 11) is 0. The van der Waals surface area contributed by atoms with E-state index in [1.807, 2.05) is 11.0 Å². The van der Waals surface area contributed by atoms with Gasteiger partial charge in [0.05, 0.1) is 6.04 Å². The average Bonchev–Trinajstić information content (AvgIpc) is 2.80. The van der Waals surface area contributed by atoms with E-state index >= 15 is 0 Å². The quantitative estimate of drug-likeness (QED) is 0.928. The fourth-order valence-electron chi connectivity index (χ4n) is 2.79. The molecule has 4 heteroatoms. The number of rotatable bonds is 4. The summed E-state index contributed by atoms with van der Waals surface area (Å²) in [6.07, 6.45) is 3.29. The lowest BCUT2D eigenvalue weighted by Crippen LogP contribution is -2.41. The summed E-state index contributed by atoms with van der Waals surface area (Å²) in [5.74, 6) is 0.0865. The Morgan fingerprint density at radius 3 is 2.65 bits per heavy atom. The van der Waals surface area contributed by atoms with Crippen molar-refractivity contribution in [2.24, 2.45) is 11.1 Å². The van der Waals surface area contributed by atoms with Crippen LogP contribution in [0, 0.1) is 5.41 Å². The van der Waals surface area contributed by atoms with Crippen LogP contribution in [0.4, 0.5) is 0 Å². The van der Waals surface area contributed by atoms with Gasteiger partial charge in [-0.2, -0.15) is 0 Å². The highest BCUT2D eigenvalue weighted by atomic mass is 35.5. The van der Waals surface area contributed by atoms with Gasteiger partial charge in [-0.3, -0.25) is 4.79 Å². The molecule has 0 bridgehead atoms. The van der Waals surface area contributed by atoms with Crippen molar-refractivity contribution in [3.05, 3.63) is 35.9 Å². The summed E-state index contributed by atoms with van der Waals surface area (Å²) >= 11 is 0. The van der Waals surface area contributed by atoms with Gasteiger partial charge in [0.1, 0.15) is 0 Å². The molecule has 0 spiro atoms. The van der Waals surface area contributed by atoms with Crippen molar-refractivity contribution in [1.29, 1.82) is 0 Å². The van der Waals surface area contributed by atoms with Crippen LogP contribution >= 0.6 is 12.4 Å². The number of likely N-dealkylation sites (tertiary alicyclic amines) is 1. The molecular weight excluding hydrogens is 272 g/mol. The number of halogens is 1. The molecule has 2 rings (SSSR count). The Kier molecular flexibility index (Phi) is 6.03. The number of hydrogen-bond acceptors (Lipinski definition) is 2. The van der Waals surface area contributed by atoms with Gasteiger partial charge in [-0.25, -0.2) is 0 Å². The number of carbonyl (C=O) groups excluding carboxylic acids is 1. The summed E-state index contributed by atoms with van der Waals surface area (Å²) in [4.78, 5) is 13.8. The Morgan fingerprint density at radius 1 is 1.40 bits per heavy atom. The molecule has 112 valence electrons. The number of hydrogen-bond donors (Lipinski definition) is 1. The zero-order valence-corrected chi connectivity index (χ0v) is 13.2. The second-order valence-electron chi connectivity index (χ2n) is 6.09. The van der Waals surface area contributed by atoms with Crippen LogP contribution in [0.2, 0.25) is 0 Å². The first-order chi connectivity index (χ1) is 9.00. The van der Waals surface area contributed by atoms with E-state index in [-0.39, 0.29) is 29.8 Å². The molecule has 1 heterocycles. The molecule has 1 fully saturated rings. The monoisotopic (exact) mass is 296 g/mol. The van der Waals surface area contributed by atoms with E-state index in [2.05, 4.69) is 31.2 Å². The molecule has 1 aliphatic heterocycles. The molecule has 1 aliphatic rings. The lowest BCUT2D eigenvalue weighted by atomic mass is 9.83. The lowest BCUT2D eigenvalue weighted by molar-refractivity contribution is -0.131. The molecule has 1 aromatic rings. The van der Waals surface area contributed by atoms with Gasteiger partial charge in [-0.1, -0.05) is 37.3 Å². The van der Waals surface area contributed by atoms with Crippen LogP contribution in [0.5, 0.6) is 0 Å². The third-order valence-electron chi connectivity index (χ3n) is 4.12. The minimum Gasteiger partial charge on any atom is -0.341 e. The van der Waals surface area contributed by atoms with Crippen LogP contribution < -0.4 is 5.73 Å². The van der Waals surface area contributed by atoms with Crippen LogP contribution in [-0.4, -0.2) is 29.9 Å². The standard InChI is InChI=1S/C16H24N2O.ClH/c1-13(17)15(19)18-11-10-16(2,12-18)9-8-14-6-4-3-5-7-14;/h3-7,13H,8-12,17H2,1-2H3;1H/t13-,16?;/m1./s1. The van der Waals surface area contributed by atoms with Crippen LogP contribution in [-0.2, 0) is 11.2 Å². The Bertz CT molecular complexity index is 435. The molecule has 1 aromatic carbocycles. The Labute approximate surface area is 127 Å². The van der Waals surface area contributed by atoms with E-state index in [4.69, 9.17) is 5.73 Å². The van der Waals surface area contributed by atoms with Gasteiger partial charge in [-0.05, 0) is 37.2 Å². The number of carbonyl (C=O) groups is 1. The van der Waals surface area contributed by atoms with E-state index in [1.54, 1.807) is 6.92 Å². The highest BCUT2D eigenvalue weighted by Crippen LogP contribution is 2.34. The predicted octanol–water partition coefficient (Wildman–Crippen LogP) is 2.63. The molecule has 20 heavy (non-hydrogen) atoms. The van der Waals surface area contributed by atoms with E-state index in [0.717, 1.165) is 32.4 Å². The van der Waals surface area contributed by atoms with Crippen LogP contribution in [0.1, 0.15) is 32.3 Å². The Morgan fingerprint density at radius 2 is 2.05 bits per heavy atom. The predicted molar refractivity (Wildman–Crippen MR) is 85.0 cm³/mol. The van der Waals surface area contributed by atoms with Crippen molar-refractivity contribution in [1.82, 2.24) is 4.90 Å². The average molecular weight is 297 g/mol. The first-order valence-electron chi connectivity index (χ1n) is 7.08. The topological polar surface area (TPSA) is 46.3 Å². The van der Waals surface area contributed by atoms with Crippen molar-refractivity contribution >= 4 is 18.3 Å². The molecule has 2 N–H and O–H groups in total. The fraction of sp³-hybridized carbons (Fsp3) is 0.562. The fourth-order valence-corrected chi connectivity index (χ4v) is 2.79. The first-order valence-corrected chi connectivity index (χ1v) is 7.08. The van der Waals surface area contributed by atoms with Gasteiger partial charge in [0, 0.05) is 13.1 Å². The van der Waals surface area contributed by atoms with E-state index in [0.29, 0.717) is 0 Å². The molecule has 0 aliphatic carbocycles. The van der Waals surface area contributed by atoms with Crippen molar-refractivity contribution in [2.45, 2.75) is 39.2 Å². The van der Waals surface area contributed by atoms with E-state index < -0.39 is 0 Å². The molecule has 1 amide bonds. The van der Waals surface area contributed by atoms with Gasteiger partial charge in [-0.15, -0.1) is 12.4 Å². The number of nitrogens with two attached hydrogens (primary N) is 1. The van der Waals surface area contributed by atoms with Gasteiger partial charge in [0.25, 0.3) is 0 Å².